The molecule has 0 saturated carbocycles. The van der Waals surface area contributed by atoms with Crippen molar-refractivity contribution in [2.45, 2.75) is 98.8 Å². The number of hydrogen-bond acceptors (Lipinski definition) is 5. The number of nitrogens with one attached hydrogen (secondary N) is 2. The Labute approximate surface area is 251 Å². The second-order valence-electron chi connectivity index (χ2n) is 11.7. The Bertz CT molecular complexity index is 1170. The van der Waals surface area contributed by atoms with Gasteiger partial charge in [0.25, 0.3) is 5.91 Å². The lowest BCUT2D eigenvalue weighted by molar-refractivity contribution is -0.141. The number of carbonyl (C=O) groups excluding carboxylic acids is 3. The van der Waals surface area contributed by atoms with E-state index in [1.165, 1.54) is 0 Å². The number of ether oxygens (including phenoxy) is 1. The third kappa shape index (κ3) is 10.4. The second kappa shape index (κ2) is 15.9. The molecule has 0 aliphatic rings. The van der Waals surface area contributed by atoms with E-state index in [-0.39, 0.29) is 11.8 Å². The summed E-state index contributed by atoms with van der Waals surface area (Å²) in [5.41, 5.74) is 4.83. The Morgan fingerprint density at radius 2 is 1.61 bits per heavy atom. The summed E-state index contributed by atoms with van der Waals surface area (Å²) in [5, 5.41) is 5.96. The maximum atomic E-state index is 14.4. The topological polar surface area (TPSA) is 87.7 Å². The Hall–Kier alpha value is -3.00. The smallest absolute Gasteiger partial charge is 0.408 e. The first-order chi connectivity index (χ1) is 19.3. The zero-order chi connectivity index (χ0) is 30.7. The number of aryl methyl sites for hydroxylation is 4. The third-order valence-electron chi connectivity index (χ3n) is 7.02. The first kappa shape index (κ1) is 34.2. The summed E-state index contributed by atoms with van der Waals surface area (Å²) in [6.45, 7) is 15.8. The number of benzene rings is 2. The van der Waals surface area contributed by atoms with Gasteiger partial charge in [-0.15, -0.1) is 0 Å². The van der Waals surface area contributed by atoms with E-state index >= 15 is 0 Å². The van der Waals surface area contributed by atoms with Crippen LogP contribution >= 0.6 is 11.8 Å². The third-order valence-corrected chi connectivity index (χ3v) is 7.67. The fraction of sp³-hybridized carbons (Fsp3) is 0.545. The van der Waals surface area contributed by atoms with Crippen LogP contribution in [-0.2, 0) is 14.3 Å². The first-order valence-corrected chi connectivity index (χ1v) is 15.9. The van der Waals surface area contributed by atoms with Crippen LogP contribution in [-0.4, -0.2) is 53.0 Å². The number of amides is 3. The molecule has 226 valence electrons. The van der Waals surface area contributed by atoms with Crippen LogP contribution in [0.5, 0.6) is 0 Å². The van der Waals surface area contributed by atoms with Crippen LogP contribution in [0, 0.1) is 27.7 Å². The van der Waals surface area contributed by atoms with Crippen LogP contribution in [0.2, 0.25) is 0 Å². The molecule has 7 nitrogen and oxygen atoms in total. The fourth-order valence-corrected chi connectivity index (χ4v) is 5.12. The molecule has 0 aliphatic heterocycles. The minimum atomic E-state index is -0.880. The maximum Gasteiger partial charge on any atom is 0.408 e. The summed E-state index contributed by atoms with van der Waals surface area (Å²) in [6.07, 6.45) is 4.36. The number of alkyl carbamates (subject to hydrolysis) is 1. The molecule has 2 aromatic rings. The largest absolute Gasteiger partial charge is 0.444 e. The summed E-state index contributed by atoms with van der Waals surface area (Å²) >= 11 is 1.60. The number of hydrogen-bond donors (Lipinski definition) is 2. The molecular formula is C33H49N3O4S. The fourth-order valence-electron chi connectivity index (χ4n) is 4.65. The molecule has 2 N–H and O–H groups in total. The van der Waals surface area contributed by atoms with Gasteiger partial charge in [-0.25, -0.2) is 4.79 Å². The van der Waals surface area contributed by atoms with Gasteiger partial charge >= 0.3 is 6.09 Å². The van der Waals surface area contributed by atoms with Crippen LogP contribution < -0.4 is 10.6 Å². The van der Waals surface area contributed by atoms with Gasteiger partial charge in [0.2, 0.25) is 5.91 Å². The van der Waals surface area contributed by atoms with Crippen molar-refractivity contribution in [1.29, 1.82) is 0 Å². The molecular weight excluding hydrogens is 534 g/mol. The van der Waals surface area contributed by atoms with Crippen LogP contribution in [0.1, 0.15) is 87.2 Å². The Morgan fingerprint density at radius 3 is 2.17 bits per heavy atom. The molecule has 2 atom stereocenters. The van der Waals surface area contributed by atoms with E-state index < -0.39 is 23.8 Å². The molecule has 0 aliphatic carbocycles. The van der Waals surface area contributed by atoms with Gasteiger partial charge in [0, 0.05) is 12.2 Å². The van der Waals surface area contributed by atoms with Crippen LogP contribution in [0.15, 0.2) is 36.4 Å². The van der Waals surface area contributed by atoms with Gasteiger partial charge in [-0.1, -0.05) is 56.2 Å². The zero-order valence-electron chi connectivity index (χ0n) is 26.3. The molecule has 3 amide bonds. The zero-order valence-corrected chi connectivity index (χ0v) is 27.2. The summed E-state index contributed by atoms with van der Waals surface area (Å²) in [6, 6.07) is 10.1. The van der Waals surface area contributed by atoms with Crippen molar-refractivity contribution >= 4 is 35.4 Å². The Balaban J connectivity index is 2.60. The lowest BCUT2D eigenvalue weighted by atomic mass is 9.97. The summed E-state index contributed by atoms with van der Waals surface area (Å²) in [5.74, 6) is 0.0926. The number of nitrogens with zero attached hydrogens (tertiary/aromatic N) is 1. The van der Waals surface area contributed by atoms with E-state index in [0.29, 0.717) is 18.7 Å². The Kier molecular flexibility index (Phi) is 13.2. The highest BCUT2D eigenvalue weighted by atomic mass is 32.2. The minimum Gasteiger partial charge on any atom is -0.444 e. The van der Waals surface area contributed by atoms with Crippen molar-refractivity contribution in [2.24, 2.45) is 0 Å². The lowest BCUT2D eigenvalue weighted by Crippen LogP contribution is -2.53. The van der Waals surface area contributed by atoms with Crippen LogP contribution in [0.4, 0.5) is 10.5 Å². The number of carbonyl (C=O) groups is 3. The van der Waals surface area contributed by atoms with E-state index in [1.54, 1.807) is 37.4 Å². The number of anilines is 1. The molecule has 0 radical (unpaired) electrons. The van der Waals surface area contributed by atoms with Gasteiger partial charge in [0.05, 0.1) is 0 Å². The van der Waals surface area contributed by atoms with Gasteiger partial charge in [-0.3, -0.25) is 9.59 Å². The van der Waals surface area contributed by atoms with Crippen molar-refractivity contribution in [2.75, 3.05) is 23.9 Å². The van der Waals surface area contributed by atoms with Crippen LogP contribution in [0.25, 0.3) is 0 Å². The molecule has 0 aromatic heterocycles. The first-order valence-electron chi connectivity index (χ1n) is 14.5. The highest BCUT2D eigenvalue weighted by molar-refractivity contribution is 7.98. The quantitative estimate of drug-likeness (QED) is 0.242. The van der Waals surface area contributed by atoms with Crippen LogP contribution in [0.3, 0.4) is 0 Å². The molecule has 8 heteroatoms. The molecule has 2 aromatic carbocycles. The second-order valence-corrected chi connectivity index (χ2v) is 12.7. The summed E-state index contributed by atoms with van der Waals surface area (Å²) in [7, 11) is 0. The molecule has 0 bridgehead atoms. The molecule has 2 rings (SSSR count). The summed E-state index contributed by atoms with van der Waals surface area (Å²) in [4.78, 5) is 43.0. The highest BCUT2D eigenvalue weighted by Crippen LogP contribution is 2.29. The van der Waals surface area contributed by atoms with E-state index in [4.69, 9.17) is 4.74 Å². The standard InChI is InChI=1S/C33H49N3O4S/c1-10-11-12-19-36(31(38)27(18-20-41-9)34-32(39)40-33(6,7)8)29(26-17-16-22(2)25(5)21-26)30(37)35-28-23(3)14-13-15-24(28)4/h13-17,21,27,29H,10-12,18-20H2,1-9H3,(H,34,39)(H,35,37). The number of thioether (sulfide) groups is 1. The van der Waals surface area contributed by atoms with E-state index in [9.17, 15) is 14.4 Å². The number of unbranched alkanes of at least 4 members (excludes halogenated alkanes) is 2. The minimum absolute atomic E-state index is 0.281. The predicted molar refractivity (Wildman–Crippen MR) is 171 cm³/mol. The average Bonchev–Trinajstić information content (AvgIpc) is 2.88. The molecule has 0 heterocycles. The van der Waals surface area contributed by atoms with E-state index in [2.05, 4.69) is 17.6 Å². The van der Waals surface area contributed by atoms with Crippen molar-refractivity contribution in [3.05, 3.63) is 64.2 Å². The molecule has 0 saturated heterocycles. The predicted octanol–water partition coefficient (Wildman–Crippen LogP) is 7.27. The van der Waals surface area contributed by atoms with Gasteiger partial charge in [-0.2, -0.15) is 11.8 Å². The molecule has 2 unspecified atom stereocenters. The van der Waals surface area contributed by atoms with Crippen molar-refractivity contribution in [3.63, 3.8) is 0 Å². The lowest BCUT2D eigenvalue weighted by Gasteiger charge is -2.35. The normalized spacial score (nSPS) is 12.8. The van der Waals surface area contributed by atoms with Crippen molar-refractivity contribution < 1.29 is 19.1 Å². The highest BCUT2D eigenvalue weighted by Gasteiger charge is 2.36. The SMILES string of the molecule is CCCCCN(C(=O)C(CCSC)NC(=O)OC(C)(C)C)C(C(=O)Nc1c(C)cccc1C)c1ccc(C)c(C)c1. The van der Waals surface area contributed by atoms with Gasteiger partial charge in [0.1, 0.15) is 17.7 Å². The van der Waals surface area contributed by atoms with Gasteiger partial charge in [0.15, 0.2) is 0 Å². The Morgan fingerprint density at radius 1 is 0.951 bits per heavy atom. The summed E-state index contributed by atoms with van der Waals surface area (Å²) < 4.78 is 5.50. The average molecular weight is 584 g/mol. The van der Waals surface area contributed by atoms with Gasteiger partial charge in [-0.05, 0) is 101 Å². The number of para-hydroxylation sites is 1. The molecule has 41 heavy (non-hydrogen) atoms. The molecule has 0 fully saturated rings. The van der Waals surface area contributed by atoms with E-state index in [0.717, 1.165) is 52.8 Å². The van der Waals surface area contributed by atoms with Crippen molar-refractivity contribution in [1.82, 2.24) is 10.2 Å². The monoisotopic (exact) mass is 583 g/mol. The molecule has 0 spiro atoms. The number of rotatable bonds is 13. The van der Waals surface area contributed by atoms with Gasteiger partial charge < -0.3 is 20.3 Å². The van der Waals surface area contributed by atoms with E-state index in [1.807, 2.05) is 70.3 Å². The maximum absolute atomic E-state index is 14.4. The van der Waals surface area contributed by atoms with Crippen molar-refractivity contribution in [3.8, 4) is 0 Å².